The molecule has 0 aliphatic rings. The Hall–Kier alpha value is -1.64. The number of anilines is 1. The van der Waals surface area contributed by atoms with E-state index < -0.39 is 10.0 Å². The molecule has 0 amide bonds. The largest absolute Gasteiger partial charge is 0.381 e. The number of ether oxygens (including phenoxy) is 1. The Morgan fingerprint density at radius 3 is 2.90 bits per heavy atom. The van der Waals surface area contributed by atoms with Gasteiger partial charge in [-0.25, -0.2) is 18.1 Å². The highest BCUT2D eigenvalue weighted by Gasteiger charge is 2.23. The molecule has 2 aromatic heterocycles. The van der Waals surface area contributed by atoms with Crippen molar-refractivity contribution >= 4 is 21.5 Å². The topological polar surface area (TPSA) is 98.7 Å². The molecule has 2 aromatic rings. The molecule has 8 heteroatoms. The van der Waals surface area contributed by atoms with Crippen molar-refractivity contribution in [3.8, 4) is 0 Å². The van der Waals surface area contributed by atoms with Crippen molar-refractivity contribution in [2.75, 3.05) is 18.9 Å². The van der Waals surface area contributed by atoms with Gasteiger partial charge in [-0.3, -0.25) is 4.40 Å². The summed E-state index contributed by atoms with van der Waals surface area (Å²) < 4.78 is 33.7. The molecule has 0 aliphatic carbocycles. The summed E-state index contributed by atoms with van der Waals surface area (Å²) in [4.78, 5) is 4.03. The molecule has 2 rings (SSSR count). The minimum Gasteiger partial charge on any atom is -0.381 e. The normalized spacial score (nSPS) is 12.3. The molecular weight excluding hydrogens is 280 g/mol. The maximum absolute atomic E-state index is 12.3. The Bertz CT molecular complexity index is 694. The van der Waals surface area contributed by atoms with Crippen LogP contribution in [0.25, 0.3) is 5.65 Å². The predicted octanol–water partition coefficient (Wildman–Crippen LogP) is 0.620. The maximum atomic E-state index is 12.3. The number of rotatable bonds is 6. The van der Waals surface area contributed by atoms with Crippen LogP contribution >= 0.6 is 0 Å². The lowest BCUT2D eigenvalue weighted by molar-refractivity contribution is 0.0834. The van der Waals surface area contributed by atoms with Gasteiger partial charge in [0.15, 0.2) is 10.8 Å². The molecule has 0 saturated heterocycles. The van der Waals surface area contributed by atoms with E-state index in [2.05, 4.69) is 9.71 Å². The number of nitrogens with zero attached hydrogens (tertiary/aromatic N) is 2. The average Bonchev–Trinajstić information content (AvgIpc) is 2.71. The summed E-state index contributed by atoms with van der Waals surface area (Å²) in [6.07, 6.45) is 1.66. The number of sulfonamides is 1. The second-order valence-corrected chi connectivity index (χ2v) is 6.23. The van der Waals surface area contributed by atoms with Crippen LogP contribution in [0.4, 0.5) is 5.82 Å². The fourth-order valence-corrected chi connectivity index (χ4v) is 3.02. The van der Waals surface area contributed by atoms with E-state index in [1.165, 1.54) is 4.40 Å². The zero-order valence-corrected chi connectivity index (χ0v) is 12.2. The van der Waals surface area contributed by atoms with E-state index in [0.717, 1.165) is 0 Å². The van der Waals surface area contributed by atoms with Gasteiger partial charge in [-0.15, -0.1) is 0 Å². The van der Waals surface area contributed by atoms with Gasteiger partial charge in [-0.1, -0.05) is 6.07 Å². The number of nitrogens with one attached hydrogen (secondary N) is 1. The second kappa shape index (κ2) is 5.78. The zero-order valence-electron chi connectivity index (χ0n) is 11.4. The Labute approximate surface area is 117 Å². The zero-order chi connectivity index (χ0) is 14.8. The van der Waals surface area contributed by atoms with Crippen LogP contribution in [0.3, 0.4) is 0 Å². The van der Waals surface area contributed by atoms with Crippen LogP contribution in [0.5, 0.6) is 0 Å². The third-order valence-electron chi connectivity index (χ3n) is 2.61. The summed E-state index contributed by atoms with van der Waals surface area (Å²) in [7, 11) is -3.73. The second-order valence-electron chi connectivity index (χ2n) is 4.55. The van der Waals surface area contributed by atoms with Gasteiger partial charge >= 0.3 is 0 Å². The number of imidazole rings is 1. The molecule has 0 bridgehead atoms. The number of nitrogen functional groups attached to an aromatic ring is 1. The fraction of sp³-hybridized carbons (Fsp3) is 0.417. The molecule has 0 fully saturated rings. The number of pyridine rings is 1. The molecule has 0 radical (unpaired) electrons. The van der Waals surface area contributed by atoms with E-state index in [1.54, 1.807) is 24.4 Å². The van der Waals surface area contributed by atoms with Crippen molar-refractivity contribution in [2.24, 2.45) is 0 Å². The van der Waals surface area contributed by atoms with Crippen LogP contribution in [0.2, 0.25) is 0 Å². The smallest absolute Gasteiger partial charge is 0.260 e. The molecule has 7 nitrogen and oxygen atoms in total. The van der Waals surface area contributed by atoms with Crippen molar-refractivity contribution in [3.05, 3.63) is 24.4 Å². The van der Waals surface area contributed by atoms with Crippen molar-refractivity contribution in [2.45, 2.75) is 25.0 Å². The molecule has 110 valence electrons. The Balaban J connectivity index is 2.21. The quantitative estimate of drug-likeness (QED) is 0.762. The standard InChI is InChI=1S/C12H18N4O3S/c1-9(2)19-8-6-14-20(17,18)12-11(13)15-10-5-3-4-7-16(10)12/h3-5,7,9,14H,6,8,13H2,1-2H3. The van der Waals surface area contributed by atoms with E-state index in [1.807, 2.05) is 13.8 Å². The van der Waals surface area contributed by atoms with Crippen molar-refractivity contribution < 1.29 is 13.2 Å². The number of fused-ring (bicyclic) bond motifs is 1. The summed E-state index contributed by atoms with van der Waals surface area (Å²) in [6, 6.07) is 5.17. The minimum atomic E-state index is -3.73. The molecule has 0 aromatic carbocycles. The highest BCUT2D eigenvalue weighted by molar-refractivity contribution is 7.89. The first kappa shape index (κ1) is 14.8. The third kappa shape index (κ3) is 3.09. The van der Waals surface area contributed by atoms with Crippen LogP contribution in [0, 0.1) is 0 Å². The molecule has 0 aliphatic heterocycles. The van der Waals surface area contributed by atoms with E-state index in [4.69, 9.17) is 10.5 Å². The highest BCUT2D eigenvalue weighted by Crippen LogP contribution is 2.19. The van der Waals surface area contributed by atoms with E-state index in [9.17, 15) is 8.42 Å². The van der Waals surface area contributed by atoms with E-state index >= 15 is 0 Å². The average molecular weight is 298 g/mol. The maximum Gasteiger partial charge on any atom is 0.260 e. The SMILES string of the molecule is CC(C)OCCNS(=O)(=O)c1c(N)nc2ccccn12. The number of nitrogens with two attached hydrogens (primary N) is 1. The summed E-state index contributed by atoms with van der Waals surface area (Å²) in [6.45, 7) is 4.25. The van der Waals surface area contributed by atoms with Gasteiger partial charge in [0.25, 0.3) is 10.0 Å². The highest BCUT2D eigenvalue weighted by atomic mass is 32.2. The van der Waals surface area contributed by atoms with Crippen LogP contribution in [0.15, 0.2) is 29.4 Å². The van der Waals surface area contributed by atoms with Crippen molar-refractivity contribution in [3.63, 3.8) is 0 Å². The summed E-state index contributed by atoms with van der Waals surface area (Å²) in [5.74, 6) is -0.0199. The number of hydrogen-bond donors (Lipinski definition) is 2. The Morgan fingerprint density at radius 1 is 1.45 bits per heavy atom. The predicted molar refractivity (Wildman–Crippen MR) is 75.9 cm³/mol. The number of hydrogen-bond acceptors (Lipinski definition) is 5. The van der Waals surface area contributed by atoms with Gasteiger partial charge in [0.2, 0.25) is 0 Å². The first-order valence-electron chi connectivity index (χ1n) is 6.25. The van der Waals surface area contributed by atoms with Gasteiger partial charge in [-0.05, 0) is 26.0 Å². The molecule has 2 heterocycles. The van der Waals surface area contributed by atoms with Gasteiger partial charge < -0.3 is 10.5 Å². The monoisotopic (exact) mass is 298 g/mol. The van der Waals surface area contributed by atoms with Gasteiger partial charge in [-0.2, -0.15) is 0 Å². The lowest BCUT2D eigenvalue weighted by atomic mass is 10.5. The first-order valence-corrected chi connectivity index (χ1v) is 7.74. The summed E-state index contributed by atoms with van der Waals surface area (Å²) in [5.41, 5.74) is 6.20. The molecule has 0 spiro atoms. The van der Waals surface area contributed by atoms with Crippen LogP contribution < -0.4 is 10.5 Å². The third-order valence-corrected chi connectivity index (χ3v) is 4.11. The van der Waals surface area contributed by atoms with E-state index in [0.29, 0.717) is 12.3 Å². The Morgan fingerprint density at radius 2 is 2.20 bits per heavy atom. The van der Waals surface area contributed by atoms with Crippen LogP contribution in [-0.2, 0) is 14.8 Å². The van der Waals surface area contributed by atoms with Crippen LogP contribution in [0.1, 0.15) is 13.8 Å². The molecule has 0 unspecified atom stereocenters. The fourth-order valence-electron chi connectivity index (χ4n) is 1.80. The minimum absolute atomic E-state index is 0.0199. The lowest BCUT2D eigenvalue weighted by Gasteiger charge is -2.09. The summed E-state index contributed by atoms with van der Waals surface area (Å²) in [5, 5.41) is -0.0438. The molecule has 3 N–H and O–H groups in total. The van der Waals surface area contributed by atoms with Crippen molar-refractivity contribution in [1.82, 2.24) is 14.1 Å². The molecular formula is C12H18N4O3S. The first-order chi connectivity index (χ1) is 9.42. The summed E-state index contributed by atoms with van der Waals surface area (Å²) >= 11 is 0. The van der Waals surface area contributed by atoms with Gasteiger partial charge in [0.05, 0.1) is 12.7 Å². The Kier molecular flexibility index (Phi) is 4.26. The van der Waals surface area contributed by atoms with Crippen LogP contribution in [-0.4, -0.2) is 37.1 Å². The molecule has 0 atom stereocenters. The molecule has 20 heavy (non-hydrogen) atoms. The van der Waals surface area contributed by atoms with Crippen molar-refractivity contribution in [1.29, 1.82) is 0 Å². The lowest BCUT2D eigenvalue weighted by Crippen LogP contribution is -2.29. The number of aromatic nitrogens is 2. The molecule has 0 saturated carbocycles. The van der Waals surface area contributed by atoms with Gasteiger partial charge in [0, 0.05) is 12.7 Å². The van der Waals surface area contributed by atoms with Gasteiger partial charge in [0.1, 0.15) is 5.65 Å². The van der Waals surface area contributed by atoms with E-state index in [-0.39, 0.29) is 23.5 Å².